The second kappa shape index (κ2) is 7.04. The molecule has 1 heterocycles. The molecule has 0 spiro atoms. The molecule has 1 N–H and O–H groups in total. The second-order valence-electron chi connectivity index (χ2n) is 5.76. The molecule has 25 heavy (non-hydrogen) atoms. The van der Waals surface area contributed by atoms with E-state index in [9.17, 15) is 14.3 Å². The van der Waals surface area contributed by atoms with Gasteiger partial charge in [0.1, 0.15) is 17.1 Å². The maximum absolute atomic E-state index is 13.9. The van der Waals surface area contributed by atoms with E-state index >= 15 is 0 Å². The third kappa shape index (κ3) is 3.79. The lowest BCUT2D eigenvalue weighted by Crippen LogP contribution is -2.19. The maximum atomic E-state index is 13.9. The van der Waals surface area contributed by atoms with Crippen LogP contribution in [0.2, 0.25) is 10.0 Å². The van der Waals surface area contributed by atoms with Crippen molar-refractivity contribution in [2.45, 2.75) is 13.1 Å². The van der Waals surface area contributed by atoms with Crippen LogP contribution in [0.25, 0.3) is 11.0 Å². The molecule has 0 aliphatic heterocycles. The van der Waals surface area contributed by atoms with Crippen LogP contribution in [0.4, 0.5) is 4.39 Å². The summed E-state index contributed by atoms with van der Waals surface area (Å²) >= 11 is 12.0. The molecule has 0 amide bonds. The van der Waals surface area contributed by atoms with Gasteiger partial charge in [0.25, 0.3) is 0 Å². The fourth-order valence-electron chi connectivity index (χ4n) is 2.67. The van der Waals surface area contributed by atoms with Gasteiger partial charge in [-0.15, -0.1) is 0 Å². The second-order valence-corrected chi connectivity index (χ2v) is 6.58. The van der Waals surface area contributed by atoms with Crippen LogP contribution in [0.1, 0.15) is 11.1 Å². The van der Waals surface area contributed by atoms with Gasteiger partial charge in [0.2, 0.25) is 0 Å². The third-order valence-corrected chi connectivity index (χ3v) is 4.48. The van der Waals surface area contributed by atoms with Crippen LogP contribution in [0.5, 0.6) is 5.75 Å². The summed E-state index contributed by atoms with van der Waals surface area (Å²) in [6.45, 7) is 0.604. The van der Waals surface area contributed by atoms with Crippen molar-refractivity contribution in [3.8, 4) is 5.75 Å². The fourth-order valence-corrected chi connectivity index (χ4v) is 3.05. The molecule has 3 aromatic rings. The highest BCUT2D eigenvalue weighted by atomic mass is 35.5. The van der Waals surface area contributed by atoms with Gasteiger partial charge in [-0.25, -0.2) is 9.18 Å². The maximum Gasteiger partial charge on any atom is 0.336 e. The zero-order chi connectivity index (χ0) is 18.1. The highest BCUT2D eigenvalue weighted by Gasteiger charge is 2.14. The molecule has 0 bridgehead atoms. The molecule has 0 radical (unpaired) electrons. The summed E-state index contributed by atoms with van der Waals surface area (Å²) in [7, 11) is 1.78. The molecule has 0 aliphatic carbocycles. The van der Waals surface area contributed by atoms with Crippen molar-refractivity contribution < 1.29 is 13.9 Å². The molecule has 0 unspecified atom stereocenters. The fraction of sp³-hybridized carbons (Fsp3) is 0.167. The Morgan fingerprint density at radius 2 is 1.92 bits per heavy atom. The van der Waals surface area contributed by atoms with Crippen LogP contribution in [0.3, 0.4) is 0 Å². The number of phenolic OH excluding ortho intramolecular Hbond substituents is 1. The average molecular weight is 382 g/mol. The predicted octanol–water partition coefficient (Wildman–Crippen LogP) is 4.58. The van der Waals surface area contributed by atoms with Crippen LogP contribution < -0.4 is 5.63 Å². The quantitative estimate of drug-likeness (QED) is 0.672. The molecule has 0 atom stereocenters. The van der Waals surface area contributed by atoms with Gasteiger partial charge in [0, 0.05) is 41.2 Å². The van der Waals surface area contributed by atoms with Gasteiger partial charge in [-0.1, -0.05) is 29.3 Å². The van der Waals surface area contributed by atoms with Crippen molar-refractivity contribution in [2.24, 2.45) is 0 Å². The number of halogens is 3. The van der Waals surface area contributed by atoms with Crippen molar-refractivity contribution in [3.05, 3.63) is 73.8 Å². The minimum Gasteiger partial charge on any atom is -0.506 e. The number of nitrogens with zero attached hydrogens (tertiary/aromatic N) is 1. The highest BCUT2D eigenvalue weighted by molar-refractivity contribution is 6.32. The predicted molar refractivity (Wildman–Crippen MR) is 95.7 cm³/mol. The molecule has 3 rings (SSSR count). The van der Waals surface area contributed by atoms with Gasteiger partial charge in [-0.05, 0) is 30.8 Å². The number of benzene rings is 2. The molecule has 0 saturated heterocycles. The number of rotatable bonds is 4. The van der Waals surface area contributed by atoms with E-state index in [1.165, 1.54) is 24.3 Å². The van der Waals surface area contributed by atoms with E-state index in [0.717, 1.165) is 0 Å². The van der Waals surface area contributed by atoms with Crippen molar-refractivity contribution in [1.29, 1.82) is 0 Å². The van der Waals surface area contributed by atoms with Gasteiger partial charge < -0.3 is 9.52 Å². The molecule has 0 aliphatic rings. The van der Waals surface area contributed by atoms with Crippen LogP contribution in [0, 0.1) is 5.82 Å². The first-order valence-electron chi connectivity index (χ1n) is 7.42. The average Bonchev–Trinajstić information content (AvgIpc) is 2.53. The van der Waals surface area contributed by atoms with Crippen molar-refractivity contribution in [2.75, 3.05) is 7.05 Å². The Labute approximate surface area is 153 Å². The summed E-state index contributed by atoms with van der Waals surface area (Å²) in [6, 6.07) is 8.72. The summed E-state index contributed by atoms with van der Waals surface area (Å²) < 4.78 is 19.0. The normalized spacial score (nSPS) is 11.4. The van der Waals surface area contributed by atoms with E-state index in [4.69, 9.17) is 27.6 Å². The summed E-state index contributed by atoms with van der Waals surface area (Å²) in [5.74, 6) is -0.550. The molecule has 130 valence electrons. The summed E-state index contributed by atoms with van der Waals surface area (Å²) in [5, 5.41) is 10.8. The minimum absolute atomic E-state index is 0.155. The SMILES string of the molecule is CN(Cc1c(F)cccc1Cl)Cc1cc(=O)oc2cc(O)c(Cl)cc12. The Morgan fingerprint density at radius 1 is 1.16 bits per heavy atom. The van der Waals surface area contributed by atoms with Crippen LogP contribution >= 0.6 is 23.2 Å². The van der Waals surface area contributed by atoms with Gasteiger partial charge >= 0.3 is 5.63 Å². The van der Waals surface area contributed by atoms with Gasteiger partial charge in [-0.2, -0.15) is 0 Å². The smallest absolute Gasteiger partial charge is 0.336 e. The Balaban J connectivity index is 1.94. The van der Waals surface area contributed by atoms with Crippen molar-refractivity contribution in [1.82, 2.24) is 4.90 Å². The van der Waals surface area contributed by atoms with Crippen LogP contribution in [-0.2, 0) is 13.1 Å². The molecular formula is C18H14Cl2FNO3. The van der Waals surface area contributed by atoms with Crippen molar-refractivity contribution >= 4 is 34.2 Å². The standard InChI is InChI=1S/C18H14Cl2FNO3/c1-22(9-12-13(19)3-2-4-15(12)21)8-10-5-18(24)25-17-7-16(23)14(20)6-11(10)17/h2-7,23H,8-9H2,1H3. The molecule has 0 saturated carbocycles. The highest BCUT2D eigenvalue weighted by Crippen LogP contribution is 2.30. The molecule has 2 aromatic carbocycles. The number of fused-ring (bicyclic) bond motifs is 1. The van der Waals surface area contributed by atoms with Crippen molar-refractivity contribution in [3.63, 3.8) is 0 Å². The topological polar surface area (TPSA) is 53.7 Å². The van der Waals surface area contributed by atoms with E-state index in [1.54, 1.807) is 19.2 Å². The Kier molecular flexibility index (Phi) is 4.99. The van der Waals surface area contributed by atoms with E-state index in [-0.39, 0.29) is 28.7 Å². The monoisotopic (exact) mass is 381 g/mol. The van der Waals surface area contributed by atoms with E-state index in [0.29, 0.717) is 28.1 Å². The largest absolute Gasteiger partial charge is 0.506 e. The zero-order valence-electron chi connectivity index (χ0n) is 13.2. The van der Waals surface area contributed by atoms with Gasteiger partial charge in [-0.3, -0.25) is 4.90 Å². The number of hydrogen-bond donors (Lipinski definition) is 1. The summed E-state index contributed by atoms with van der Waals surface area (Å²) in [4.78, 5) is 13.6. The number of aromatic hydroxyl groups is 1. The number of phenols is 1. The molecular weight excluding hydrogens is 368 g/mol. The minimum atomic E-state index is -0.540. The Morgan fingerprint density at radius 3 is 2.64 bits per heavy atom. The Bertz CT molecular complexity index is 983. The summed E-state index contributed by atoms with van der Waals surface area (Å²) in [6.07, 6.45) is 0. The molecule has 4 nitrogen and oxygen atoms in total. The van der Waals surface area contributed by atoms with E-state index in [2.05, 4.69) is 0 Å². The van der Waals surface area contributed by atoms with Gasteiger partial charge in [0.05, 0.1) is 5.02 Å². The third-order valence-electron chi connectivity index (χ3n) is 3.83. The summed E-state index contributed by atoms with van der Waals surface area (Å²) in [5.41, 5.74) is 0.737. The van der Waals surface area contributed by atoms with E-state index < -0.39 is 5.63 Å². The van der Waals surface area contributed by atoms with Gasteiger partial charge in [0.15, 0.2) is 0 Å². The van der Waals surface area contributed by atoms with Crippen LogP contribution in [0.15, 0.2) is 45.6 Å². The first-order chi connectivity index (χ1) is 11.8. The molecule has 0 fully saturated rings. The molecule has 7 heteroatoms. The van der Waals surface area contributed by atoms with Crippen LogP contribution in [-0.4, -0.2) is 17.1 Å². The lowest BCUT2D eigenvalue weighted by molar-refractivity contribution is 0.314. The first-order valence-corrected chi connectivity index (χ1v) is 8.17. The first kappa shape index (κ1) is 17.7. The van der Waals surface area contributed by atoms with E-state index in [1.807, 2.05) is 4.90 Å². The Hall–Kier alpha value is -2.08. The number of hydrogen-bond acceptors (Lipinski definition) is 4. The molecule has 1 aromatic heterocycles. The lowest BCUT2D eigenvalue weighted by atomic mass is 10.1. The zero-order valence-corrected chi connectivity index (χ0v) is 14.7. The lowest BCUT2D eigenvalue weighted by Gasteiger charge is -2.19.